The van der Waals surface area contributed by atoms with Gasteiger partial charge >= 0.3 is 12.5 Å². The largest absolute Gasteiger partial charge is 0.573 e. The summed E-state index contributed by atoms with van der Waals surface area (Å²) in [4.78, 5) is -0.880. The molecule has 0 amide bonds. The van der Waals surface area contributed by atoms with Gasteiger partial charge in [0.1, 0.15) is 16.5 Å². The second-order valence-corrected chi connectivity index (χ2v) is 6.90. The molecule has 0 aromatic heterocycles. The minimum Gasteiger partial charge on any atom is -0.404 e. The van der Waals surface area contributed by atoms with Crippen molar-refractivity contribution in [3.63, 3.8) is 0 Å². The van der Waals surface area contributed by atoms with Crippen LogP contribution in [0, 0.1) is 5.82 Å². The lowest BCUT2D eigenvalue weighted by Crippen LogP contribution is -2.26. The summed E-state index contributed by atoms with van der Waals surface area (Å²) in [7, 11) is -4.60. The number of hydrogen-bond donors (Lipinski definition) is 1. The normalized spacial score (nSPS) is 12.9. The number of halogens is 7. The molecule has 0 spiro atoms. The summed E-state index contributed by atoms with van der Waals surface area (Å²) in [6, 6.07) is 5.20. The molecule has 0 aliphatic carbocycles. The van der Waals surface area contributed by atoms with Crippen LogP contribution in [0.2, 0.25) is 0 Å². The standard InChI is InChI=1S/C15H10F7NO3S/c16-11-6-9(5-10(7-11)14(17,18)19)8-23-27(24,25)13-4-2-1-3-12(13)26-15(20,21)22/h1-7,23H,8H2. The quantitative estimate of drug-likeness (QED) is 0.742. The summed E-state index contributed by atoms with van der Waals surface area (Å²) in [5.74, 6) is -2.27. The van der Waals surface area contributed by atoms with Gasteiger partial charge in [0.2, 0.25) is 10.0 Å². The van der Waals surface area contributed by atoms with Crippen LogP contribution in [0.15, 0.2) is 47.4 Å². The summed E-state index contributed by atoms with van der Waals surface area (Å²) < 4.78 is 118. The molecule has 0 saturated heterocycles. The van der Waals surface area contributed by atoms with Crippen LogP contribution >= 0.6 is 0 Å². The highest BCUT2D eigenvalue weighted by atomic mass is 32.2. The Kier molecular flexibility index (Phi) is 5.71. The molecule has 0 radical (unpaired) electrons. The van der Waals surface area contributed by atoms with Crippen molar-refractivity contribution in [1.29, 1.82) is 0 Å². The smallest absolute Gasteiger partial charge is 0.404 e. The zero-order valence-corrected chi connectivity index (χ0v) is 13.8. The Morgan fingerprint density at radius 3 is 2.19 bits per heavy atom. The molecule has 0 atom stereocenters. The highest BCUT2D eigenvalue weighted by Gasteiger charge is 2.34. The van der Waals surface area contributed by atoms with Gasteiger partial charge in [-0.05, 0) is 35.9 Å². The van der Waals surface area contributed by atoms with E-state index < -0.39 is 51.1 Å². The topological polar surface area (TPSA) is 55.4 Å². The molecule has 27 heavy (non-hydrogen) atoms. The fraction of sp³-hybridized carbons (Fsp3) is 0.200. The first kappa shape index (κ1) is 21.0. The van der Waals surface area contributed by atoms with Crippen molar-refractivity contribution < 1.29 is 43.9 Å². The van der Waals surface area contributed by atoms with Gasteiger partial charge in [-0.3, -0.25) is 0 Å². The third kappa shape index (κ3) is 5.82. The molecule has 2 aromatic carbocycles. The van der Waals surface area contributed by atoms with Crippen molar-refractivity contribution >= 4 is 10.0 Å². The number of ether oxygens (including phenoxy) is 1. The average Bonchev–Trinajstić information content (AvgIpc) is 2.50. The van der Waals surface area contributed by atoms with Crippen molar-refractivity contribution in [1.82, 2.24) is 4.72 Å². The molecule has 2 rings (SSSR count). The fourth-order valence-corrected chi connectivity index (χ4v) is 3.20. The molecular weight excluding hydrogens is 407 g/mol. The summed E-state index contributed by atoms with van der Waals surface area (Å²) >= 11 is 0. The van der Waals surface area contributed by atoms with Crippen LogP contribution in [-0.4, -0.2) is 14.8 Å². The summed E-state index contributed by atoms with van der Waals surface area (Å²) in [5.41, 5.74) is -1.71. The first-order valence-corrected chi connectivity index (χ1v) is 8.47. The van der Waals surface area contributed by atoms with E-state index in [9.17, 15) is 39.2 Å². The van der Waals surface area contributed by atoms with Crippen molar-refractivity contribution in [2.75, 3.05) is 0 Å². The molecule has 0 unspecified atom stereocenters. The van der Waals surface area contributed by atoms with E-state index in [-0.39, 0.29) is 11.6 Å². The second kappa shape index (κ2) is 7.35. The average molecular weight is 417 g/mol. The third-order valence-corrected chi connectivity index (χ3v) is 4.56. The molecule has 0 fully saturated rings. The third-order valence-electron chi connectivity index (χ3n) is 3.12. The van der Waals surface area contributed by atoms with E-state index in [0.717, 1.165) is 24.3 Å². The van der Waals surface area contributed by atoms with Crippen molar-refractivity contribution in [2.24, 2.45) is 0 Å². The van der Waals surface area contributed by atoms with Gasteiger partial charge in [0.15, 0.2) is 0 Å². The van der Waals surface area contributed by atoms with Crippen molar-refractivity contribution in [2.45, 2.75) is 24.0 Å². The molecule has 12 heteroatoms. The molecule has 0 saturated carbocycles. The molecular formula is C15H10F7NO3S. The maximum Gasteiger partial charge on any atom is 0.573 e. The van der Waals surface area contributed by atoms with E-state index in [4.69, 9.17) is 0 Å². The molecule has 0 bridgehead atoms. The SMILES string of the molecule is O=S(=O)(NCc1cc(F)cc(C(F)(F)F)c1)c1ccccc1OC(F)(F)F. The van der Waals surface area contributed by atoms with Crippen molar-refractivity contribution in [3.8, 4) is 5.75 Å². The summed E-state index contributed by atoms with van der Waals surface area (Å²) in [5, 5.41) is 0. The number of hydrogen-bond acceptors (Lipinski definition) is 3. The van der Waals surface area contributed by atoms with E-state index >= 15 is 0 Å². The monoisotopic (exact) mass is 417 g/mol. The lowest BCUT2D eigenvalue weighted by molar-refractivity contribution is -0.275. The lowest BCUT2D eigenvalue weighted by atomic mass is 10.1. The minimum atomic E-state index is -5.16. The van der Waals surface area contributed by atoms with E-state index in [1.807, 2.05) is 4.72 Å². The van der Waals surface area contributed by atoms with E-state index in [1.54, 1.807) is 0 Å². The molecule has 0 heterocycles. The molecule has 1 N–H and O–H groups in total. The molecule has 0 aliphatic rings. The number of nitrogens with one attached hydrogen (secondary N) is 1. The predicted octanol–water partition coefficient (Wildman–Crippen LogP) is 4.22. The molecule has 4 nitrogen and oxygen atoms in total. The van der Waals surface area contributed by atoms with Crippen LogP contribution in [0.5, 0.6) is 5.75 Å². The fourth-order valence-electron chi connectivity index (χ4n) is 2.05. The van der Waals surface area contributed by atoms with Gasteiger partial charge < -0.3 is 4.74 Å². The molecule has 2 aromatic rings. The Morgan fingerprint density at radius 1 is 0.963 bits per heavy atom. The Bertz CT molecular complexity index is 924. The first-order chi connectivity index (χ1) is 12.3. The van der Waals surface area contributed by atoms with Gasteiger partial charge in [0.25, 0.3) is 0 Å². The number of rotatable bonds is 5. The van der Waals surface area contributed by atoms with Crippen LogP contribution in [0.25, 0.3) is 0 Å². The van der Waals surface area contributed by atoms with Crippen LogP contribution in [0.1, 0.15) is 11.1 Å². The molecule has 148 valence electrons. The van der Waals surface area contributed by atoms with Crippen LogP contribution in [0.4, 0.5) is 30.7 Å². The zero-order valence-electron chi connectivity index (χ0n) is 13.0. The van der Waals surface area contributed by atoms with E-state index in [1.165, 1.54) is 0 Å². The van der Waals surface area contributed by atoms with Crippen molar-refractivity contribution in [3.05, 3.63) is 59.4 Å². The number of benzene rings is 2. The van der Waals surface area contributed by atoms with Crippen LogP contribution in [-0.2, 0) is 22.7 Å². The summed E-state index contributed by atoms with van der Waals surface area (Å²) in [6.45, 7) is -0.788. The highest BCUT2D eigenvalue weighted by Crippen LogP contribution is 2.31. The van der Waals surface area contributed by atoms with Gasteiger partial charge in [0.05, 0.1) is 5.56 Å². The van der Waals surface area contributed by atoms with Gasteiger partial charge in [-0.1, -0.05) is 12.1 Å². The van der Waals surface area contributed by atoms with Crippen LogP contribution < -0.4 is 9.46 Å². The van der Waals surface area contributed by atoms with Gasteiger partial charge in [-0.2, -0.15) is 13.2 Å². The van der Waals surface area contributed by atoms with Gasteiger partial charge in [-0.25, -0.2) is 17.5 Å². The minimum absolute atomic E-state index is 0.227. The maximum absolute atomic E-state index is 13.3. The summed E-state index contributed by atoms with van der Waals surface area (Å²) in [6.07, 6.45) is -10.0. The molecule has 0 aliphatic heterocycles. The van der Waals surface area contributed by atoms with E-state index in [0.29, 0.717) is 12.1 Å². The zero-order chi connectivity index (χ0) is 20.5. The Labute approximate surface area is 148 Å². The maximum atomic E-state index is 13.3. The van der Waals surface area contributed by atoms with Crippen LogP contribution in [0.3, 0.4) is 0 Å². The Balaban J connectivity index is 2.28. The van der Waals surface area contributed by atoms with Gasteiger partial charge in [-0.15, -0.1) is 13.2 Å². The Hall–Kier alpha value is -2.34. The van der Waals surface area contributed by atoms with Gasteiger partial charge in [0, 0.05) is 6.54 Å². The lowest BCUT2D eigenvalue weighted by Gasteiger charge is -2.14. The van der Waals surface area contributed by atoms with E-state index in [2.05, 4.69) is 4.74 Å². The highest BCUT2D eigenvalue weighted by molar-refractivity contribution is 7.89. The predicted molar refractivity (Wildman–Crippen MR) is 78.6 cm³/mol. The number of para-hydroxylation sites is 1. The number of alkyl halides is 6. The first-order valence-electron chi connectivity index (χ1n) is 6.99. The second-order valence-electron chi connectivity index (χ2n) is 5.17. The Morgan fingerprint density at radius 2 is 1.59 bits per heavy atom. The number of sulfonamides is 1.